The van der Waals surface area contributed by atoms with E-state index in [4.69, 9.17) is 9.47 Å². The van der Waals surface area contributed by atoms with Gasteiger partial charge in [0.15, 0.2) is 0 Å². The summed E-state index contributed by atoms with van der Waals surface area (Å²) in [5, 5.41) is 0. The summed E-state index contributed by atoms with van der Waals surface area (Å²) in [6.07, 6.45) is 9.34. The van der Waals surface area contributed by atoms with Gasteiger partial charge in [-0.1, -0.05) is 148 Å². The number of ether oxygens (including phenoxy) is 2. The molecule has 0 atom stereocenters. The molecular formula is C26H32Br6O2. The highest BCUT2D eigenvalue weighted by Gasteiger charge is 2.21. The molecule has 0 amide bonds. The topological polar surface area (TPSA) is 18.5 Å². The Morgan fingerprint density at radius 1 is 0.588 bits per heavy atom. The third-order valence-corrected chi connectivity index (χ3v) is 8.82. The van der Waals surface area contributed by atoms with Gasteiger partial charge in [-0.25, -0.2) is 0 Å². The number of hydrogen-bond donors (Lipinski definition) is 0. The summed E-state index contributed by atoms with van der Waals surface area (Å²) in [6, 6.07) is 8.49. The zero-order chi connectivity index (χ0) is 25.1. The summed E-state index contributed by atoms with van der Waals surface area (Å²) in [6.45, 7) is 5.84. The molecule has 34 heavy (non-hydrogen) atoms. The van der Waals surface area contributed by atoms with Gasteiger partial charge in [0.2, 0.25) is 0 Å². The van der Waals surface area contributed by atoms with Gasteiger partial charge in [0.1, 0.15) is 11.5 Å². The molecule has 0 N–H and O–H groups in total. The second-order valence-corrected chi connectivity index (χ2v) is 16.0. The Morgan fingerprint density at radius 3 is 1.29 bits per heavy atom. The van der Waals surface area contributed by atoms with Crippen LogP contribution in [0.2, 0.25) is 0 Å². The largest absolute Gasteiger partial charge is 0.493 e. The van der Waals surface area contributed by atoms with Crippen LogP contribution in [0.1, 0.15) is 83.8 Å². The lowest BCUT2D eigenvalue weighted by atomic mass is 10.00. The Morgan fingerprint density at radius 2 is 0.971 bits per heavy atom. The second kappa shape index (κ2) is 16.7. The molecule has 0 aliphatic rings. The molecule has 2 nitrogen and oxygen atoms in total. The van der Waals surface area contributed by atoms with Crippen molar-refractivity contribution in [1.29, 1.82) is 0 Å². The zero-order valence-corrected chi connectivity index (χ0v) is 29.1. The second-order valence-electron chi connectivity index (χ2n) is 8.16. The molecule has 2 aromatic carbocycles. The maximum Gasteiger partial charge on any atom is 0.127 e. The molecule has 0 aliphatic carbocycles. The Kier molecular flexibility index (Phi) is 15.3. The standard InChI is InChI=1S/C26H32Br6O2/c1-3-5-7-9-11-33-23-15-19(25(29)30)21(27)13-17(23)18-14-22(28)20(26(31)32)16-24(18)34-12-10-8-6-4-2/h13-16,25-26H,3-12H2,1-2H3. The van der Waals surface area contributed by atoms with E-state index in [0.717, 1.165) is 55.5 Å². The van der Waals surface area contributed by atoms with Crippen LogP contribution in [0.3, 0.4) is 0 Å². The van der Waals surface area contributed by atoms with Crippen molar-refractivity contribution in [3.05, 3.63) is 44.3 Å². The number of benzene rings is 2. The molecule has 0 saturated heterocycles. The van der Waals surface area contributed by atoms with E-state index in [0.29, 0.717) is 13.2 Å². The molecule has 2 rings (SSSR count). The van der Waals surface area contributed by atoms with E-state index in [-0.39, 0.29) is 7.47 Å². The average Bonchev–Trinajstić information content (AvgIpc) is 2.79. The molecule has 0 saturated carbocycles. The minimum Gasteiger partial charge on any atom is -0.493 e. The van der Waals surface area contributed by atoms with Crippen molar-refractivity contribution < 1.29 is 9.47 Å². The van der Waals surface area contributed by atoms with E-state index in [1.807, 2.05) is 0 Å². The molecule has 2 aromatic rings. The van der Waals surface area contributed by atoms with Crippen molar-refractivity contribution in [3.8, 4) is 22.6 Å². The number of alkyl halides is 4. The summed E-state index contributed by atoms with van der Waals surface area (Å²) in [4.78, 5) is 0. The molecule has 190 valence electrons. The van der Waals surface area contributed by atoms with E-state index in [9.17, 15) is 0 Å². The van der Waals surface area contributed by atoms with Crippen LogP contribution in [0.4, 0.5) is 0 Å². The van der Waals surface area contributed by atoms with Gasteiger partial charge in [-0.05, 0) is 48.2 Å². The van der Waals surface area contributed by atoms with Crippen LogP contribution in [-0.4, -0.2) is 13.2 Å². The fourth-order valence-corrected chi connectivity index (χ4v) is 7.44. The lowest BCUT2D eigenvalue weighted by molar-refractivity contribution is 0.301. The molecule has 0 spiro atoms. The van der Waals surface area contributed by atoms with Crippen molar-refractivity contribution in [2.45, 2.75) is 72.7 Å². The first-order valence-electron chi connectivity index (χ1n) is 11.8. The highest BCUT2D eigenvalue weighted by Crippen LogP contribution is 2.47. The lowest BCUT2D eigenvalue weighted by Crippen LogP contribution is -2.03. The highest BCUT2D eigenvalue weighted by atomic mass is 79.9. The van der Waals surface area contributed by atoms with E-state index in [1.165, 1.54) is 38.5 Å². The predicted molar refractivity (Wildman–Crippen MR) is 168 cm³/mol. The first-order valence-corrected chi connectivity index (χ1v) is 17.0. The Balaban J connectivity index is 2.48. The number of hydrogen-bond acceptors (Lipinski definition) is 2. The van der Waals surface area contributed by atoms with Crippen molar-refractivity contribution in [3.63, 3.8) is 0 Å². The predicted octanol–water partition coefficient (Wildman–Crippen LogP) is 12.4. The fraction of sp³-hybridized carbons (Fsp3) is 0.538. The Hall–Kier alpha value is 0.920. The van der Waals surface area contributed by atoms with E-state index in [1.54, 1.807) is 0 Å². The first-order chi connectivity index (χ1) is 16.3. The monoisotopic (exact) mass is 850 g/mol. The molecule has 0 unspecified atom stereocenters. The van der Waals surface area contributed by atoms with E-state index >= 15 is 0 Å². The molecule has 0 aliphatic heterocycles. The third kappa shape index (κ3) is 9.66. The van der Waals surface area contributed by atoms with Crippen molar-refractivity contribution >= 4 is 95.6 Å². The summed E-state index contributed by atoms with van der Waals surface area (Å²) in [7, 11) is 0. The first kappa shape index (κ1) is 31.1. The molecule has 0 aromatic heterocycles. The van der Waals surface area contributed by atoms with Gasteiger partial charge >= 0.3 is 0 Å². The Bertz CT molecular complexity index is 828. The Labute approximate surface area is 255 Å². The number of halogens is 6. The summed E-state index contributed by atoms with van der Waals surface area (Å²) in [5.74, 6) is 1.73. The van der Waals surface area contributed by atoms with Crippen molar-refractivity contribution in [2.75, 3.05) is 13.2 Å². The van der Waals surface area contributed by atoms with Gasteiger partial charge in [-0.15, -0.1) is 0 Å². The van der Waals surface area contributed by atoms with Crippen molar-refractivity contribution in [1.82, 2.24) is 0 Å². The zero-order valence-electron chi connectivity index (χ0n) is 19.6. The minimum absolute atomic E-state index is 0.0248. The van der Waals surface area contributed by atoms with Gasteiger partial charge in [0.05, 0.1) is 20.7 Å². The molecule has 0 radical (unpaired) electrons. The van der Waals surface area contributed by atoms with Gasteiger partial charge in [0, 0.05) is 20.1 Å². The highest BCUT2D eigenvalue weighted by molar-refractivity contribution is 9.24. The summed E-state index contributed by atoms with van der Waals surface area (Å²) >= 11 is 22.1. The van der Waals surface area contributed by atoms with E-state index < -0.39 is 0 Å². The summed E-state index contributed by atoms with van der Waals surface area (Å²) in [5.41, 5.74) is 4.21. The van der Waals surface area contributed by atoms with Gasteiger partial charge in [-0.3, -0.25) is 0 Å². The molecule has 8 heteroatoms. The van der Waals surface area contributed by atoms with Crippen LogP contribution >= 0.6 is 95.6 Å². The lowest BCUT2D eigenvalue weighted by Gasteiger charge is -2.20. The molecule has 0 bridgehead atoms. The third-order valence-electron chi connectivity index (χ3n) is 5.47. The maximum atomic E-state index is 6.36. The van der Waals surface area contributed by atoms with Crippen LogP contribution in [0.25, 0.3) is 11.1 Å². The molecular weight excluding hydrogens is 824 g/mol. The van der Waals surface area contributed by atoms with Gasteiger partial charge in [0.25, 0.3) is 0 Å². The SMILES string of the molecule is CCCCCCOc1cc(C(Br)Br)c(Br)cc1-c1cc(Br)c(C(Br)Br)cc1OCCCCCC. The van der Waals surface area contributed by atoms with Gasteiger partial charge in [-0.2, -0.15) is 0 Å². The van der Waals surface area contributed by atoms with Gasteiger partial charge < -0.3 is 9.47 Å². The van der Waals surface area contributed by atoms with Crippen LogP contribution in [0.5, 0.6) is 11.5 Å². The fourth-order valence-electron chi connectivity index (χ4n) is 3.55. The van der Waals surface area contributed by atoms with Crippen LogP contribution < -0.4 is 9.47 Å². The van der Waals surface area contributed by atoms with Crippen LogP contribution in [-0.2, 0) is 0 Å². The normalized spacial score (nSPS) is 11.5. The number of rotatable bonds is 15. The van der Waals surface area contributed by atoms with Crippen molar-refractivity contribution in [2.24, 2.45) is 0 Å². The summed E-state index contributed by atoms with van der Waals surface area (Å²) < 4.78 is 14.8. The maximum absolute atomic E-state index is 6.36. The van der Waals surface area contributed by atoms with Crippen LogP contribution in [0.15, 0.2) is 33.2 Å². The smallest absolute Gasteiger partial charge is 0.127 e. The molecule has 0 fully saturated rings. The average molecular weight is 856 g/mol. The molecule has 0 heterocycles. The number of unbranched alkanes of at least 4 members (excludes halogenated alkanes) is 6. The minimum atomic E-state index is 0.0248. The van der Waals surface area contributed by atoms with Crippen LogP contribution in [0, 0.1) is 0 Å². The quantitative estimate of drug-likeness (QED) is 0.131. The van der Waals surface area contributed by atoms with E-state index in [2.05, 4.69) is 134 Å².